The van der Waals surface area contributed by atoms with Crippen molar-refractivity contribution in [1.82, 2.24) is 5.32 Å². The third-order valence-corrected chi connectivity index (χ3v) is 4.22. The molecule has 0 aliphatic rings. The minimum absolute atomic E-state index is 0.196. The first-order valence-electron chi connectivity index (χ1n) is 9.03. The Kier molecular flexibility index (Phi) is 8.24. The highest BCUT2D eigenvalue weighted by atomic mass is 16.5. The van der Waals surface area contributed by atoms with Crippen molar-refractivity contribution < 1.29 is 19.1 Å². The first-order chi connectivity index (χ1) is 13.5. The van der Waals surface area contributed by atoms with Crippen molar-refractivity contribution in [3.05, 3.63) is 83.9 Å². The molecule has 0 aromatic heterocycles. The second-order valence-electron chi connectivity index (χ2n) is 6.36. The Bertz CT molecular complexity index is 792. The van der Waals surface area contributed by atoms with Gasteiger partial charge in [-0.1, -0.05) is 60.7 Å². The largest absolute Gasteiger partial charge is 0.468 e. The fraction of sp³-hybridized carbons (Fsp3) is 0.273. The van der Waals surface area contributed by atoms with Crippen molar-refractivity contribution in [2.75, 3.05) is 7.11 Å². The highest BCUT2D eigenvalue weighted by Crippen LogP contribution is 2.20. The highest BCUT2D eigenvalue weighted by Gasteiger charge is 2.17. The molecular formula is C22H26N2O4. The second kappa shape index (κ2) is 10.9. The van der Waals surface area contributed by atoms with E-state index in [-0.39, 0.29) is 12.6 Å². The fourth-order valence-corrected chi connectivity index (χ4v) is 2.78. The van der Waals surface area contributed by atoms with E-state index in [1.165, 1.54) is 7.11 Å². The van der Waals surface area contributed by atoms with Crippen molar-refractivity contribution in [2.45, 2.75) is 31.5 Å². The van der Waals surface area contributed by atoms with E-state index in [0.717, 1.165) is 16.7 Å². The van der Waals surface area contributed by atoms with Crippen LogP contribution >= 0.6 is 0 Å². The number of carbonyl (C=O) groups is 2. The van der Waals surface area contributed by atoms with Crippen LogP contribution in [0.25, 0.3) is 0 Å². The third kappa shape index (κ3) is 6.55. The number of esters is 1. The van der Waals surface area contributed by atoms with E-state index < -0.39 is 18.1 Å². The molecule has 2 rings (SSSR count). The number of hydrogen-bond acceptors (Lipinski definition) is 5. The molecule has 0 saturated carbocycles. The van der Waals surface area contributed by atoms with Gasteiger partial charge in [-0.2, -0.15) is 0 Å². The average molecular weight is 382 g/mol. The molecule has 0 bridgehead atoms. The molecule has 2 atom stereocenters. The number of amides is 1. The van der Waals surface area contributed by atoms with Gasteiger partial charge in [-0.05, 0) is 29.5 Å². The number of rotatable bonds is 9. The number of methoxy groups -OCH3 is 1. The van der Waals surface area contributed by atoms with Gasteiger partial charge in [-0.25, -0.2) is 4.79 Å². The summed E-state index contributed by atoms with van der Waals surface area (Å²) in [5.41, 5.74) is 8.51. The summed E-state index contributed by atoms with van der Waals surface area (Å²) >= 11 is 0. The second-order valence-corrected chi connectivity index (χ2v) is 6.36. The van der Waals surface area contributed by atoms with Gasteiger partial charge < -0.3 is 20.5 Å². The number of ether oxygens (including phenoxy) is 2. The Labute approximate surface area is 165 Å². The van der Waals surface area contributed by atoms with Crippen molar-refractivity contribution in [1.29, 1.82) is 0 Å². The van der Waals surface area contributed by atoms with E-state index in [4.69, 9.17) is 10.5 Å². The fourth-order valence-electron chi connectivity index (χ4n) is 2.78. The molecule has 6 nitrogen and oxygen atoms in total. The number of nitrogens with two attached hydrogens (primary N) is 1. The molecule has 6 heteroatoms. The molecule has 28 heavy (non-hydrogen) atoms. The summed E-state index contributed by atoms with van der Waals surface area (Å²) < 4.78 is 9.97. The predicted octanol–water partition coefficient (Wildman–Crippen LogP) is 3.27. The van der Waals surface area contributed by atoms with Gasteiger partial charge in [-0.3, -0.25) is 4.79 Å². The zero-order valence-electron chi connectivity index (χ0n) is 16.0. The molecule has 0 saturated heterocycles. The molecule has 0 heterocycles. The van der Waals surface area contributed by atoms with E-state index in [2.05, 4.69) is 16.6 Å². The summed E-state index contributed by atoms with van der Waals surface area (Å²) in [6, 6.07) is 16.0. The SMILES string of the molecule is C=CC[C@H](NC(=O)OCc1ccccc1)c1cccc(CC(N)C(=O)OC)c1. The first kappa shape index (κ1) is 21.2. The Morgan fingerprint density at radius 1 is 1.14 bits per heavy atom. The lowest BCUT2D eigenvalue weighted by atomic mass is 9.98. The lowest BCUT2D eigenvalue weighted by molar-refractivity contribution is -0.142. The van der Waals surface area contributed by atoms with Crippen molar-refractivity contribution >= 4 is 12.1 Å². The van der Waals surface area contributed by atoms with Crippen LogP contribution in [0, 0.1) is 0 Å². The van der Waals surface area contributed by atoms with E-state index in [9.17, 15) is 9.59 Å². The van der Waals surface area contributed by atoms with Gasteiger partial charge >= 0.3 is 12.1 Å². The minimum atomic E-state index is -0.734. The van der Waals surface area contributed by atoms with Crippen LogP contribution in [0.1, 0.15) is 29.2 Å². The van der Waals surface area contributed by atoms with Gasteiger partial charge in [0.2, 0.25) is 0 Å². The number of alkyl carbamates (subject to hydrolysis) is 1. The number of hydrogen-bond donors (Lipinski definition) is 2. The van der Waals surface area contributed by atoms with Crippen molar-refractivity contribution in [3.8, 4) is 0 Å². The molecule has 0 aliphatic heterocycles. The van der Waals surface area contributed by atoms with Crippen LogP contribution in [0.4, 0.5) is 4.79 Å². The maximum absolute atomic E-state index is 12.2. The van der Waals surface area contributed by atoms with Crippen LogP contribution in [-0.4, -0.2) is 25.2 Å². The van der Waals surface area contributed by atoms with Crippen LogP contribution in [-0.2, 0) is 27.3 Å². The molecule has 1 amide bonds. The highest BCUT2D eigenvalue weighted by molar-refractivity contribution is 5.75. The number of carbonyl (C=O) groups excluding carboxylic acids is 2. The summed E-state index contributed by atoms with van der Waals surface area (Å²) in [5.74, 6) is -0.462. The molecule has 148 valence electrons. The van der Waals surface area contributed by atoms with Crippen LogP contribution in [0.15, 0.2) is 67.3 Å². The molecule has 2 aromatic carbocycles. The average Bonchev–Trinajstić information content (AvgIpc) is 2.72. The summed E-state index contributed by atoms with van der Waals surface area (Å²) in [5, 5.41) is 2.86. The molecule has 0 radical (unpaired) electrons. The molecule has 0 aliphatic carbocycles. The van der Waals surface area contributed by atoms with Crippen molar-refractivity contribution in [2.24, 2.45) is 5.73 Å². The summed E-state index contributed by atoms with van der Waals surface area (Å²) in [6.45, 7) is 3.95. The molecule has 0 spiro atoms. The van der Waals surface area contributed by atoms with Crippen LogP contribution in [0.5, 0.6) is 0 Å². The lowest BCUT2D eigenvalue weighted by Gasteiger charge is -2.19. The first-order valence-corrected chi connectivity index (χ1v) is 9.03. The zero-order valence-corrected chi connectivity index (χ0v) is 16.0. The van der Waals surface area contributed by atoms with E-state index in [0.29, 0.717) is 12.8 Å². The molecule has 1 unspecified atom stereocenters. The Morgan fingerprint density at radius 2 is 1.86 bits per heavy atom. The molecular weight excluding hydrogens is 356 g/mol. The predicted molar refractivity (Wildman–Crippen MR) is 107 cm³/mol. The van der Waals surface area contributed by atoms with Gasteiger partial charge in [0.05, 0.1) is 13.2 Å². The van der Waals surface area contributed by atoms with E-state index in [1.54, 1.807) is 6.08 Å². The minimum Gasteiger partial charge on any atom is -0.468 e. The summed E-state index contributed by atoms with van der Waals surface area (Å²) in [4.78, 5) is 23.8. The summed E-state index contributed by atoms with van der Waals surface area (Å²) in [7, 11) is 1.31. The maximum Gasteiger partial charge on any atom is 0.407 e. The molecule has 2 aromatic rings. The smallest absolute Gasteiger partial charge is 0.407 e. The normalized spacial score (nSPS) is 12.5. The van der Waals surface area contributed by atoms with Crippen molar-refractivity contribution in [3.63, 3.8) is 0 Å². The van der Waals surface area contributed by atoms with Gasteiger partial charge in [0.1, 0.15) is 12.6 Å². The topological polar surface area (TPSA) is 90.6 Å². The number of nitrogens with one attached hydrogen (secondary N) is 1. The lowest BCUT2D eigenvalue weighted by Crippen LogP contribution is -2.33. The van der Waals surface area contributed by atoms with Gasteiger partial charge in [0, 0.05) is 0 Å². The van der Waals surface area contributed by atoms with Crippen LogP contribution in [0.2, 0.25) is 0 Å². The monoisotopic (exact) mass is 382 g/mol. The Balaban J connectivity index is 2.02. The quantitative estimate of drug-likeness (QED) is 0.513. The molecule has 3 N–H and O–H groups in total. The third-order valence-electron chi connectivity index (χ3n) is 4.22. The van der Waals surface area contributed by atoms with Gasteiger partial charge in [0.25, 0.3) is 0 Å². The van der Waals surface area contributed by atoms with Gasteiger partial charge in [-0.15, -0.1) is 6.58 Å². The Hall–Kier alpha value is -3.12. The van der Waals surface area contributed by atoms with Gasteiger partial charge in [0.15, 0.2) is 0 Å². The number of benzene rings is 2. The zero-order chi connectivity index (χ0) is 20.4. The van der Waals surface area contributed by atoms with Crippen LogP contribution in [0.3, 0.4) is 0 Å². The van der Waals surface area contributed by atoms with E-state index in [1.807, 2.05) is 54.6 Å². The molecule has 0 fully saturated rings. The summed E-state index contributed by atoms with van der Waals surface area (Å²) in [6.07, 6.45) is 2.11. The maximum atomic E-state index is 12.2. The standard InChI is InChI=1S/C22H26N2O4/c1-3-8-20(24-22(26)28-15-16-9-5-4-6-10-16)18-12-7-11-17(13-18)14-19(23)21(25)27-2/h3-7,9-13,19-20H,1,8,14-15,23H2,2H3,(H,24,26)/t19?,20-/m0/s1. The Morgan fingerprint density at radius 3 is 2.54 bits per heavy atom. The van der Waals surface area contributed by atoms with E-state index >= 15 is 0 Å². The van der Waals surface area contributed by atoms with Crippen LogP contribution < -0.4 is 11.1 Å².